The Morgan fingerprint density at radius 3 is 2.00 bits per heavy atom. The zero-order valence-corrected chi connectivity index (χ0v) is 9.89. The Balaban J connectivity index is 0.000000310. The Morgan fingerprint density at radius 1 is 1.23 bits per heavy atom. The SMILES string of the molecule is FB(F)F.Oc1cccc(F)[c]1[K]. The first kappa shape index (κ1) is 13.4. The molecular formula is C6H4BF4KO. The molecular weight excluding hydrogens is 214 g/mol. The van der Waals surface area contributed by atoms with Gasteiger partial charge in [0, 0.05) is 0 Å². The summed E-state index contributed by atoms with van der Waals surface area (Å²) in [5, 5.41) is 8.91. The van der Waals surface area contributed by atoms with Gasteiger partial charge in [-0.1, -0.05) is 0 Å². The standard InChI is InChI=1S/C6H4FO.BF3.K/c7-5-2-1-3-6(8)4-5;2-1(3)4;/h1-3,8H;;. The van der Waals surface area contributed by atoms with E-state index < -0.39 is 7.54 Å². The molecule has 0 aliphatic carbocycles. The third-order valence-electron chi connectivity index (χ3n) is 1.24. The number of halogens is 4. The molecule has 1 nitrogen and oxygen atoms in total. The van der Waals surface area contributed by atoms with Crippen molar-refractivity contribution in [2.24, 2.45) is 0 Å². The Labute approximate surface area is 107 Å². The van der Waals surface area contributed by atoms with Crippen LogP contribution in [0, 0.1) is 5.82 Å². The van der Waals surface area contributed by atoms with Gasteiger partial charge in [-0.25, -0.2) is 0 Å². The van der Waals surface area contributed by atoms with E-state index in [9.17, 15) is 17.3 Å². The van der Waals surface area contributed by atoms with Gasteiger partial charge < -0.3 is 0 Å². The molecule has 0 aliphatic heterocycles. The fraction of sp³-hybridized carbons (Fsp3) is 0. The molecule has 0 radical (unpaired) electrons. The van der Waals surface area contributed by atoms with Crippen molar-refractivity contribution in [1.29, 1.82) is 0 Å². The fourth-order valence-electron chi connectivity index (χ4n) is 0.596. The van der Waals surface area contributed by atoms with Crippen molar-refractivity contribution in [3.63, 3.8) is 0 Å². The van der Waals surface area contributed by atoms with Gasteiger partial charge >= 0.3 is 95.4 Å². The van der Waals surface area contributed by atoms with Crippen LogP contribution >= 0.6 is 0 Å². The van der Waals surface area contributed by atoms with Crippen molar-refractivity contribution < 1.29 is 22.4 Å². The number of hydrogen-bond acceptors (Lipinski definition) is 1. The van der Waals surface area contributed by atoms with Crippen LogP contribution in [0.1, 0.15) is 0 Å². The van der Waals surface area contributed by atoms with E-state index >= 15 is 0 Å². The van der Waals surface area contributed by atoms with Crippen LogP contribution < -0.4 is -0.342 Å². The van der Waals surface area contributed by atoms with Crippen LogP contribution in [0.2, 0.25) is 0 Å². The third kappa shape index (κ3) is 6.50. The predicted molar refractivity (Wildman–Crippen MR) is 42.5 cm³/mol. The van der Waals surface area contributed by atoms with Crippen LogP contribution in [0.5, 0.6) is 5.75 Å². The van der Waals surface area contributed by atoms with Crippen LogP contribution in [0.3, 0.4) is 0 Å². The van der Waals surface area contributed by atoms with Gasteiger partial charge in [0.05, 0.1) is 0 Å². The molecule has 0 saturated carbocycles. The molecule has 0 atom stereocenters. The summed E-state index contributed by atoms with van der Waals surface area (Å²) in [4.78, 5) is 0. The second-order valence-electron chi connectivity index (χ2n) is 2.13. The maximum absolute atomic E-state index is 12.5. The molecule has 0 amide bonds. The summed E-state index contributed by atoms with van der Waals surface area (Å²) in [5.74, 6) is -0.190. The number of benzene rings is 1. The minimum atomic E-state index is -3.67. The molecule has 0 aliphatic rings. The molecule has 0 unspecified atom stereocenters. The van der Waals surface area contributed by atoms with Crippen LogP contribution in [0.25, 0.3) is 0 Å². The van der Waals surface area contributed by atoms with E-state index in [2.05, 4.69) is 0 Å². The van der Waals surface area contributed by atoms with Crippen molar-refractivity contribution in [1.82, 2.24) is 0 Å². The molecule has 1 aromatic rings. The van der Waals surface area contributed by atoms with Crippen LogP contribution in [0.4, 0.5) is 17.3 Å². The first-order valence-electron chi connectivity index (χ1n) is 3.31. The molecule has 1 aromatic carbocycles. The number of aromatic hydroxyl groups is 1. The molecule has 66 valence electrons. The van der Waals surface area contributed by atoms with E-state index in [-0.39, 0.29) is 60.5 Å². The first-order valence-corrected chi connectivity index (χ1v) is 4.87. The zero-order chi connectivity index (χ0) is 10.4. The quantitative estimate of drug-likeness (QED) is 0.512. The summed E-state index contributed by atoms with van der Waals surface area (Å²) in [6.07, 6.45) is 0. The molecule has 0 saturated heterocycles. The Morgan fingerprint density at radius 2 is 1.69 bits per heavy atom. The number of rotatable bonds is 0. The van der Waals surface area contributed by atoms with Crippen LogP contribution in [-0.4, -0.2) is 61.6 Å². The van der Waals surface area contributed by atoms with E-state index in [1.165, 1.54) is 18.2 Å². The number of phenolic OH excluding ortho intramolecular Hbond substituents is 1. The van der Waals surface area contributed by atoms with Gasteiger partial charge in [-0.15, -0.1) is 0 Å². The first-order chi connectivity index (χ1) is 5.95. The number of phenols is 1. The van der Waals surface area contributed by atoms with E-state index in [0.717, 1.165) is 0 Å². The number of hydrogen-bond donors (Lipinski definition) is 1. The van der Waals surface area contributed by atoms with Gasteiger partial charge in [-0.3, -0.25) is 12.9 Å². The van der Waals surface area contributed by atoms with Crippen molar-refractivity contribution >= 4 is 56.2 Å². The third-order valence-corrected chi connectivity index (χ3v) is 2.78. The van der Waals surface area contributed by atoms with Crippen LogP contribution in [0.15, 0.2) is 18.2 Å². The van der Waals surface area contributed by atoms with Crippen molar-refractivity contribution in [2.75, 3.05) is 0 Å². The average molecular weight is 218 g/mol. The molecule has 13 heavy (non-hydrogen) atoms. The molecule has 7 heteroatoms. The molecule has 1 rings (SSSR count). The van der Waals surface area contributed by atoms with E-state index in [4.69, 9.17) is 5.11 Å². The molecule has 0 aromatic heterocycles. The van der Waals surface area contributed by atoms with Crippen molar-refractivity contribution in [2.45, 2.75) is 0 Å². The summed E-state index contributed by atoms with van der Waals surface area (Å²) in [5.41, 5.74) is 0. The topological polar surface area (TPSA) is 20.2 Å². The van der Waals surface area contributed by atoms with Crippen LogP contribution in [-0.2, 0) is 0 Å². The van der Waals surface area contributed by atoms with Gasteiger partial charge in [0.2, 0.25) is 0 Å². The van der Waals surface area contributed by atoms with Crippen molar-refractivity contribution in [3.8, 4) is 5.75 Å². The van der Waals surface area contributed by atoms with E-state index in [0.29, 0.717) is -0.342 Å². The molecule has 0 spiro atoms. The summed E-state index contributed by atoms with van der Waals surface area (Å²) in [6, 6.07) is 4.36. The average Bonchev–Trinajstić information content (AvgIpc) is 1.99. The Bertz CT molecular complexity index is 248. The molecule has 0 heterocycles. The van der Waals surface area contributed by atoms with E-state index in [1.54, 1.807) is 0 Å². The summed E-state index contributed by atoms with van der Waals surface area (Å²) in [6.45, 7) is 0. The Hall–Kier alpha value is 0.441. The fourth-order valence-corrected chi connectivity index (χ4v) is 1.12. The molecule has 1 N–H and O–H groups in total. The van der Waals surface area contributed by atoms with Gasteiger partial charge in [-0.05, 0) is 0 Å². The summed E-state index contributed by atoms with van der Waals surface area (Å²) in [7, 11) is -3.67. The monoisotopic (exact) mass is 218 g/mol. The molecule has 0 fully saturated rings. The normalized spacial score (nSPS) is 8.77. The van der Waals surface area contributed by atoms with E-state index in [1.807, 2.05) is 0 Å². The van der Waals surface area contributed by atoms with Gasteiger partial charge in [-0.2, -0.15) is 0 Å². The minimum absolute atomic E-state index is 0.0926. The Kier molecular flexibility index (Phi) is 7.06. The molecule has 0 bridgehead atoms. The second-order valence-corrected chi connectivity index (χ2v) is 3.69. The predicted octanol–water partition coefficient (Wildman–Crippen LogP) is 1.20. The van der Waals surface area contributed by atoms with Gasteiger partial charge in [0.1, 0.15) is 0 Å². The maximum atomic E-state index is 12.5. The van der Waals surface area contributed by atoms with Gasteiger partial charge in [0.15, 0.2) is 0 Å². The summed E-state index contributed by atoms with van der Waals surface area (Å²) >= 11 is 0.211. The zero-order valence-electron chi connectivity index (χ0n) is 6.77. The van der Waals surface area contributed by atoms with Crippen molar-refractivity contribution in [3.05, 3.63) is 24.0 Å². The van der Waals surface area contributed by atoms with Gasteiger partial charge in [0.25, 0.3) is 0 Å². The summed E-state index contributed by atoms with van der Waals surface area (Å²) < 4.78 is 42.0. The second kappa shape index (κ2) is 6.83.